The third-order valence-corrected chi connectivity index (χ3v) is 3.90. The molecule has 7 nitrogen and oxygen atoms in total. The van der Waals surface area contributed by atoms with E-state index in [2.05, 4.69) is 10.2 Å². The summed E-state index contributed by atoms with van der Waals surface area (Å²) in [6, 6.07) is 14.4. The maximum absolute atomic E-state index is 11.9. The van der Waals surface area contributed by atoms with E-state index in [9.17, 15) is 9.90 Å². The molecule has 0 saturated heterocycles. The van der Waals surface area contributed by atoms with E-state index in [0.29, 0.717) is 23.4 Å². The molecular weight excluding hydrogens is 334 g/mol. The van der Waals surface area contributed by atoms with Crippen molar-refractivity contribution < 1.29 is 19.4 Å². The lowest BCUT2D eigenvalue weighted by atomic mass is 10.2. The second-order valence-corrected chi connectivity index (χ2v) is 5.50. The molecule has 0 saturated carbocycles. The van der Waals surface area contributed by atoms with Crippen LogP contribution in [-0.2, 0) is 11.3 Å². The van der Waals surface area contributed by atoms with Crippen LogP contribution in [0.4, 0.5) is 5.69 Å². The standard InChI is InChI=1S/C19H19N3O4/c1-3-22-16-10-9-14(25-2)11-15(16)18(19(22)24)21-20-17(23)12-26-13-7-5-4-6-8-13/h4-11,24H,3,12H2,1-2H3. The third kappa shape index (κ3) is 3.51. The lowest BCUT2D eigenvalue weighted by Gasteiger charge is -2.02. The molecule has 26 heavy (non-hydrogen) atoms. The number of rotatable bonds is 6. The van der Waals surface area contributed by atoms with E-state index < -0.39 is 5.91 Å². The van der Waals surface area contributed by atoms with E-state index >= 15 is 0 Å². The number of hydrogen-bond acceptors (Lipinski definition) is 5. The van der Waals surface area contributed by atoms with Gasteiger partial charge in [0.05, 0.1) is 12.6 Å². The molecule has 0 radical (unpaired) electrons. The van der Waals surface area contributed by atoms with Gasteiger partial charge in [-0.25, -0.2) is 0 Å². The zero-order chi connectivity index (χ0) is 18.5. The van der Waals surface area contributed by atoms with Gasteiger partial charge < -0.3 is 19.1 Å². The predicted molar refractivity (Wildman–Crippen MR) is 97.3 cm³/mol. The number of nitrogens with zero attached hydrogens (tertiary/aromatic N) is 3. The highest BCUT2D eigenvalue weighted by Gasteiger charge is 2.17. The summed E-state index contributed by atoms with van der Waals surface area (Å²) in [4.78, 5) is 11.9. The van der Waals surface area contributed by atoms with Gasteiger partial charge in [0.15, 0.2) is 12.3 Å². The van der Waals surface area contributed by atoms with Crippen molar-refractivity contribution in [3.05, 3.63) is 48.5 Å². The topological polar surface area (TPSA) is 85.4 Å². The van der Waals surface area contributed by atoms with Gasteiger partial charge in [-0.2, -0.15) is 0 Å². The Morgan fingerprint density at radius 2 is 1.92 bits per heavy atom. The van der Waals surface area contributed by atoms with E-state index in [1.807, 2.05) is 31.2 Å². The highest BCUT2D eigenvalue weighted by molar-refractivity contribution is 5.96. The molecule has 0 unspecified atom stereocenters. The molecule has 0 aliphatic rings. The van der Waals surface area contributed by atoms with E-state index in [1.165, 1.54) is 0 Å². The van der Waals surface area contributed by atoms with Crippen molar-refractivity contribution in [1.29, 1.82) is 0 Å². The van der Waals surface area contributed by atoms with E-state index in [0.717, 1.165) is 5.52 Å². The molecule has 2 aromatic carbocycles. The second-order valence-electron chi connectivity index (χ2n) is 5.50. The van der Waals surface area contributed by atoms with Gasteiger partial charge in [0.1, 0.15) is 11.5 Å². The SMILES string of the molecule is CCn1c(O)c(N=NC(=O)COc2ccccc2)c2cc(OC)ccc21. The fourth-order valence-corrected chi connectivity index (χ4v) is 2.64. The van der Waals surface area contributed by atoms with E-state index in [1.54, 1.807) is 35.9 Å². The number of azo groups is 1. The van der Waals surface area contributed by atoms with Gasteiger partial charge >= 0.3 is 5.91 Å². The molecule has 134 valence electrons. The number of carbonyl (C=O) groups excluding carboxylic acids is 1. The number of ether oxygens (including phenoxy) is 2. The van der Waals surface area contributed by atoms with Crippen LogP contribution in [0.15, 0.2) is 58.8 Å². The molecule has 0 atom stereocenters. The third-order valence-electron chi connectivity index (χ3n) is 3.90. The van der Waals surface area contributed by atoms with Crippen LogP contribution in [-0.4, -0.2) is 29.3 Å². The molecule has 1 heterocycles. The van der Waals surface area contributed by atoms with Crippen molar-refractivity contribution in [1.82, 2.24) is 4.57 Å². The van der Waals surface area contributed by atoms with Crippen molar-refractivity contribution in [3.8, 4) is 17.4 Å². The van der Waals surface area contributed by atoms with Gasteiger partial charge in [0.25, 0.3) is 0 Å². The van der Waals surface area contributed by atoms with Gasteiger partial charge in [0.2, 0.25) is 5.88 Å². The minimum atomic E-state index is -0.548. The average Bonchev–Trinajstić information content (AvgIpc) is 2.95. The molecule has 0 aliphatic carbocycles. The van der Waals surface area contributed by atoms with Crippen LogP contribution < -0.4 is 9.47 Å². The quantitative estimate of drug-likeness (QED) is 0.677. The summed E-state index contributed by atoms with van der Waals surface area (Å²) in [6.45, 7) is 2.22. The number of benzene rings is 2. The number of carbonyl (C=O) groups is 1. The summed E-state index contributed by atoms with van der Waals surface area (Å²) >= 11 is 0. The highest BCUT2D eigenvalue weighted by atomic mass is 16.5. The molecular formula is C19H19N3O4. The zero-order valence-electron chi connectivity index (χ0n) is 14.5. The van der Waals surface area contributed by atoms with Crippen LogP contribution >= 0.6 is 0 Å². The van der Waals surface area contributed by atoms with Gasteiger partial charge in [-0.1, -0.05) is 18.2 Å². The fourth-order valence-electron chi connectivity index (χ4n) is 2.64. The number of methoxy groups -OCH3 is 1. The molecule has 0 bridgehead atoms. The zero-order valence-corrected chi connectivity index (χ0v) is 14.5. The van der Waals surface area contributed by atoms with E-state index in [-0.39, 0.29) is 18.2 Å². The first-order chi connectivity index (χ1) is 12.6. The molecule has 0 spiro atoms. The minimum Gasteiger partial charge on any atom is -0.497 e. The van der Waals surface area contributed by atoms with Crippen LogP contribution in [0.25, 0.3) is 10.9 Å². The number of hydrogen-bond donors (Lipinski definition) is 1. The Kier molecular flexibility index (Phi) is 5.17. The highest BCUT2D eigenvalue weighted by Crippen LogP contribution is 2.40. The number of aromatic hydroxyl groups is 1. The summed E-state index contributed by atoms with van der Waals surface area (Å²) in [5.74, 6) is 0.608. The minimum absolute atomic E-state index is 0.0451. The average molecular weight is 353 g/mol. The normalized spacial score (nSPS) is 11.2. The number of aryl methyl sites for hydroxylation is 1. The van der Waals surface area contributed by atoms with Gasteiger partial charge in [-0.05, 0) is 37.3 Å². The Morgan fingerprint density at radius 1 is 1.15 bits per heavy atom. The summed E-state index contributed by atoms with van der Waals surface area (Å²) < 4.78 is 12.3. The van der Waals surface area contributed by atoms with Crippen molar-refractivity contribution >= 4 is 22.5 Å². The Labute approximate surface area is 150 Å². The molecule has 1 amide bonds. The first-order valence-electron chi connectivity index (χ1n) is 8.15. The van der Waals surface area contributed by atoms with Crippen molar-refractivity contribution in [2.75, 3.05) is 13.7 Å². The largest absolute Gasteiger partial charge is 0.497 e. The van der Waals surface area contributed by atoms with Crippen molar-refractivity contribution in [2.45, 2.75) is 13.5 Å². The Morgan fingerprint density at radius 3 is 2.62 bits per heavy atom. The first-order valence-corrected chi connectivity index (χ1v) is 8.15. The molecule has 1 N–H and O–H groups in total. The smallest absolute Gasteiger partial charge is 0.302 e. The van der Waals surface area contributed by atoms with E-state index in [4.69, 9.17) is 9.47 Å². The van der Waals surface area contributed by atoms with Crippen molar-refractivity contribution in [3.63, 3.8) is 0 Å². The lowest BCUT2D eigenvalue weighted by molar-refractivity contribution is -0.120. The lowest BCUT2D eigenvalue weighted by Crippen LogP contribution is -2.07. The Bertz CT molecular complexity index is 948. The van der Waals surface area contributed by atoms with Gasteiger partial charge in [-0.3, -0.25) is 4.79 Å². The number of aromatic nitrogens is 1. The van der Waals surface area contributed by atoms with Crippen LogP contribution in [0.1, 0.15) is 6.92 Å². The van der Waals surface area contributed by atoms with Gasteiger partial charge in [0, 0.05) is 11.9 Å². The molecule has 3 aromatic rings. The summed E-state index contributed by atoms with van der Waals surface area (Å²) in [6.07, 6.45) is 0. The predicted octanol–water partition coefficient (Wildman–Crippen LogP) is 4.06. The Balaban J connectivity index is 1.84. The van der Waals surface area contributed by atoms with Gasteiger partial charge in [-0.15, -0.1) is 10.2 Å². The van der Waals surface area contributed by atoms with Crippen LogP contribution in [0.5, 0.6) is 17.4 Å². The molecule has 3 rings (SSSR count). The first kappa shape index (κ1) is 17.5. The fraction of sp³-hybridized carbons (Fsp3) is 0.211. The maximum atomic E-state index is 11.9. The number of para-hydroxylation sites is 1. The number of fused-ring (bicyclic) bond motifs is 1. The monoisotopic (exact) mass is 353 g/mol. The number of amides is 1. The van der Waals surface area contributed by atoms with Crippen LogP contribution in [0.2, 0.25) is 0 Å². The molecule has 1 aromatic heterocycles. The maximum Gasteiger partial charge on any atom is 0.302 e. The van der Waals surface area contributed by atoms with Crippen molar-refractivity contribution in [2.24, 2.45) is 10.2 Å². The molecule has 0 aliphatic heterocycles. The van der Waals surface area contributed by atoms with Crippen LogP contribution in [0.3, 0.4) is 0 Å². The molecule has 7 heteroatoms. The molecule has 0 fully saturated rings. The van der Waals surface area contributed by atoms with Crippen LogP contribution in [0, 0.1) is 0 Å². The summed E-state index contributed by atoms with van der Waals surface area (Å²) in [5, 5.41) is 18.7. The summed E-state index contributed by atoms with van der Waals surface area (Å²) in [5.41, 5.74) is 1.02. The second kappa shape index (κ2) is 7.69. The summed E-state index contributed by atoms with van der Waals surface area (Å²) in [7, 11) is 1.56. The Hall–Kier alpha value is -3.35.